The van der Waals surface area contributed by atoms with Gasteiger partial charge in [-0.2, -0.15) is 0 Å². The van der Waals surface area contributed by atoms with Gasteiger partial charge in [-0.3, -0.25) is 4.79 Å². The Labute approximate surface area is 89.9 Å². The Bertz CT molecular complexity index is 397. The molecule has 1 fully saturated rings. The Kier molecular flexibility index (Phi) is 2.33. The molecule has 6 heteroatoms. The third kappa shape index (κ3) is 1.67. The van der Waals surface area contributed by atoms with Crippen molar-refractivity contribution < 1.29 is 9.90 Å². The number of carbonyl (C=O) groups is 1. The summed E-state index contributed by atoms with van der Waals surface area (Å²) >= 11 is 11.4. The van der Waals surface area contributed by atoms with Gasteiger partial charge in [-0.1, -0.05) is 23.2 Å². The highest BCUT2D eigenvalue weighted by molar-refractivity contribution is 6.31. The Morgan fingerprint density at radius 2 is 2.21 bits per heavy atom. The molecule has 0 spiro atoms. The van der Waals surface area contributed by atoms with Gasteiger partial charge in [0.05, 0.1) is 5.92 Å². The molecule has 0 saturated heterocycles. The number of hydrogen-bond donors (Lipinski definition) is 1. The zero-order chi connectivity index (χ0) is 10.3. The first kappa shape index (κ1) is 9.68. The van der Waals surface area contributed by atoms with Gasteiger partial charge in [0.25, 0.3) is 0 Å². The van der Waals surface area contributed by atoms with E-state index in [0.29, 0.717) is 12.0 Å². The van der Waals surface area contributed by atoms with Crippen molar-refractivity contribution >= 4 is 29.2 Å². The van der Waals surface area contributed by atoms with E-state index in [1.807, 2.05) is 0 Å². The van der Waals surface area contributed by atoms with Crippen LogP contribution in [0.15, 0.2) is 6.07 Å². The first-order valence-electron chi connectivity index (χ1n) is 4.01. The summed E-state index contributed by atoms with van der Waals surface area (Å²) < 4.78 is 0. The molecule has 1 N–H and O–H groups in total. The Morgan fingerprint density at radius 3 is 2.79 bits per heavy atom. The smallest absolute Gasteiger partial charge is 0.307 e. The second-order valence-electron chi connectivity index (χ2n) is 3.20. The maximum atomic E-state index is 10.6. The van der Waals surface area contributed by atoms with Crippen molar-refractivity contribution in [2.45, 2.75) is 12.3 Å². The molecule has 0 bridgehead atoms. The molecule has 2 rings (SSSR count). The van der Waals surface area contributed by atoms with E-state index >= 15 is 0 Å². The topological polar surface area (TPSA) is 63.1 Å². The zero-order valence-corrected chi connectivity index (χ0v) is 8.46. The van der Waals surface area contributed by atoms with Crippen LogP contribution in [0.5, 0.6) is 0 Å². The van der Waals surface area contributed by atoms with E-state index in [1.54, 1.807) is 6.07 Å². The fourth-order valence-corrected chi connectivity index (χ4v) is 1.83. The molecule has 1 aliphatic rings. The molecule has 1 saturated carbocycles. The van der Waals surface area contributed by atoms with Crippen LogP contribution in [0, 0.1) is 5.92 Å². The van der Waals surface area contributed by atoms with Crippen LogP contribution in [0.4, 0.5) is 0 Å². The van der Waals surface area contributed by atoms with E-state index in [1.165, 1.54) is 0 Å². The number of carboxylic acids is 1. The van der Waals surface area contributed by atoms with Crippen molar-refractivity contribution in [3.63, 3.8) is 0 Å². The molecule has 2 atom stereocenters. The summed E-state index contributed by atoms with van der Waals surface area (Å²) in [6.45, 7) is 0. The molecule has 0 aliphatic heterocycles. The predicted octanol–water partition coefficient (Wildman–Crippen LogP) is 1.97. The number of rotatable bonds is 2. The molecule has 0 amide bonds. The lowest BCUT2D eigenvalue weighted by molar-refractivity contribution is -0.138. The summed E-state index contributed by atoms with van der Waals surface area (Å²) in [5.74, 6) is -1.22. The Morgan fingerprint density at radius 1 is 1.50 bits per heavy atom. The Balaban J connectivity index is 2.26. The van der Waals surface area contributed by atoms with Crippen LogP contribution in [0.3, 0.4) is 0 Å². The van der Waals surface area contributed by atoms with Gasteiger partial charge in [0.1, 0.15) is 0 Å². The van der Waals surface area contributed by atoms with Gasteiger partial charge in [0.15, 0.2) is 10.3 Å². The summed E-state index contributed by atoms with van der Waals surface area (Å²) in [5.41, 5.74) is 0.680. The fourth-order valence-electron chi connectivity index (χ4n) is 1.44. The van der Waals surface area contributed by atoms with Gasteiger partial charge >= 0.3 is 5.97 Å². The summed E-state index contributed by atoms with van der Waals surface area (Å²) in [6.07, 6.45) is 0.594. The van der Waals surface area contributed by atoms with E-state index in [-0.39, 0.29) is 22.1 Å². The second-order valence-corrected chi connectivity index (χ2v) is 3.95. The monoisotopic (exact) mass is 232 g/mol. The number of nitrogens with zero attached hydrogens (tertiary/aromatic N) is 2. The molecule has 1 aromatic heterocycles. The molecule has 1 heterocycles. The number of halogens is 2. The lowest BCUT2D eigenvalue weighted by atomic mass is 10.2. The molecule has 1 aliphatic carbocycles. The predicted molar refractivity (Wildman–Crippen MR) is 50.5 cm³/mol. The summed E-state index contributed by atoms with van der Waals surface area (Å²) in [7, 11) is 0. The van der Waals surface area contributed by atoms with Crippen LogP contribution in [0.1, 0.15) is 17.9 Å². The molecule has 0 unspecified atom stereocenters. The SMILES string of the molecule is O=C(O)[C@@H]1C[C@H]1c1cc(Cl)nnc1Cl. The number of aromatic nitrogens is 2. The quantitative estimate of drug-likeness (QED) is 0.848. The highest BCUT2D eigenvalue weighted by Crippen LogP contribution is 2.49. The van der Waals surface area contributed by atoms with Crippen LogP contribution in [0.2, 0.25) is 10.3 Å². The molecular formula is C8H6Cl2N2O2. The van der Waals surface area contributed by atoms with E-state index < -0.39 is 5.97 Å². The standard InChI is InChI=1S/C8H6Cl2N2O2/c9-6-2-4(7(10)12-11-6)3-1-5(3)8(13)14/h2-3,5H,1H2,(H,13,14)/t3-,5+/m0/s1. The molecule has 0 aromatic carbocycles. The molecule has 14 heavy (non-hydrogen) atoms. The largest absolute Gasteiger partial charge is 0.481 e. The van der Waals surface area contributed by atoms with Crippen molar-refractivity contribution in [3.05, 3.63) is 21.9 Å². The average molecular weight is 233 g/mol. The third-order valence-electron chi connectivity index (χ3n) is 2.25. The first-order chi connectivity index (χ1) is 6.59. The van der Waals surface area contributed by atoms with Crippen molar-refractivity contribution in [1.29, 1.82) is 0 Å². The van der Waals surface area contributed by atoms with Crippen LogP contribution in [0.25, 0.3) is 0 Å². The van der Waals surface area contributed by atoms with Gasteiger partial charge in [-0.25, -0.2) is 0 Å². The highest BCUT2D eigenvalue weighted by Gasteiger charge is 2.45. The van der Waals surface area contributed by atoms with E-state index in [2.05, 4.69) is 10.2 Å². The normalized spacial score (nSPS) is 24.7. The molecule has 74 valence electrons. The van der Waals surface area contributed by atoms with E-state index in [4.69, 9.17) is 28.3 Å². The third-order valence-corrected chi connectivity index (χ3v) is 2.73. The Hall–Kier alpha value is -0.870. The van der Waals surface area contributed by atoms with E-state index in [9.17, 15) is 4.79 Å². The van der Waals surface area contributed by atoms with Crippen molar-refractivity contribution in [3.8, 4) is 0 Å². The van der Waals surface area contributed by atoms with Gasteiger partial charge in [-0.05, 0) is 18.1 Å². The molecule has 1 aromatic rings. The number of carboxylic acid groups (broad SMARTS) is 1. The lowest BCUT2D eigenvalue weighted by Gasteiger charge is -2.00. The van der Waals surface area contributed by atoms with Crippen LogP contribution >= 0.6 is 23.2 Å². The first-order valence-corrected chi connectivity index (χ1v) is 4.76. The fraction of sp³-hybridized carbons (Fsp3) is 0.375. The van der Waals surface area contributed by atoms with Gasteiger partial charge in [0, 0.05) is 5.92 Å². The molecule has 4 nitrogen and oxygen atoms in total. The van der Waals surface area contributed by atoms with Gasteiger partial charge in [-0.15, -0.1) is 10.2 Å². The maximum absolute atomic E-state index is 10.6. The van der Waals surface area contributed by atoms with E-state index in [0.717, 1.165) is 0 Å². The zero-order valence-electron chi connectivity index (χ0n) is 6.94. The van der Waals surface area contributed by atoms with Crippen LogP contribution in [-0.4, -0.2) is 21.3 Å². The minimum Gasteiger partial charge on any atom is -0.481 e. The minimum atomic E-state index is -0.806. The number of hydrogen-bond acceptors (Lipinski definition) is 3. The maximum Gasteiger partial charge on any atom is 0.307 e. The molecule has 0 radical (unpaired) electrons. The summed E-state index contributed by atoms with van der Waals surface area (Å²) in [5, 5.41) is 16.4. The van der Waals surface area contributed by atoms with Crippen molar-refractivity contribution in [2.75, 3.05) is 0 Å². The van der Waals surface area contributed by atoms with Crippen LogP contribution < -0.4 is 0 Å². The minimum absolute atomic E-state index is 0.0620. The highest BCUT2D eigenvalue weighted by atomic mass is 35.5. The summed E-state index contributed by atoms with van der Waals surface area (Å²) in [6, 6.07) is 1.57. The summed E-state index contributed by atoms with van der Waals surface area (Å²) in [4.78, 5) is 10.6. The van der Waals surface area contributed by atoms with Crippen molar-refractivity contribution in [1.82, 2.24) is 10.2 Å². The molecular weight excluding hydrogens is 227 g/mol. The van der Waals surface area contributed by atoms with Gasteiger partial charge in [0.2, 0.25) is 0 Å². The van der Waals surface area contributed by atoms with Gasteiger partial charge < -0.3 is 5.11 Å². The lowest BCUT2D eigenvalue weighted by Crippen LogP contribution is -2.00. The second kappa shape index (κ2) is 3.37. The van der Waals surface area contributed by atoms with Crippen molar-refractivity contribution in [2.24, 2.45) is 5.92 Å². The average Bonchev–Trinajstić information content (AvgIpc) is 2.88. The van der Waals surface area contributed by atoms with Crippen LogP contribution in [-0.2, 0) is 4.79 Å². The number of aliphatic carboxylic acids is 1.